The quantitative estimate of drug-likeness (QED) is 0.785. The van der Waals surface area contributed by atoms with Crippen molar-refractivity contribution in [3.8, 4) is 0 Å². The predicted molar refractivity (Wildman–Crippen MR) is 105 cm³/mol. The van der Waals surface area contributed by atoms with E-state index in [2.05, 4.69) is 58.1 Å². The molecule has 1 unspecified atom stereocenters. The number of rotatable bonds is 8. The second-order valence-corrected chi connectivity index (χ2v) is 7.87. The van der Waals surface area contributed by atoms with E-state index < -0.39 is 0 Å². The van der Waals surface area contributed by atoms with Gasteiger partial charge in [0, 0.05) is 44.3 Å². The highest BCUT2D eigenvalue weighted by Gasteiger charge is 2.20. The normalized spacial score (nSPS) is 17.4. The second-order valence-electron chi connectivity index (χ2n) is 6.93. The Balaban J connectivity index is 1.68. The molecule has 0 radical (unpaired) electrons. The molecule has 6 heteroatoms. The van der Waals surface area contributed by atoms with Crippen LogP contribution in [0, 0.1) is 12.8 Å². The van der Waals surface area contributed by atoms with E-state index in [0.717, 1.165) is 56.7 Å². The third-order valence-electron chi connectivity index (χ3n) is 4.97. The van der Waals surface area contributed by atoms with E-state index in [9.17, 15) is 0 Å². The summed E-state index contributed by atoms with van der Waals surface area (Å²) in [6.45, 7) is 10.6. The van der Waals surface area contributed by atoms with Crippen molar-refractivity contribution in [2.24, 2.45) is 5.92 Å². The Hall–Kier alpha value is -1.50. The molecule has 1 N–H and O–H groups in total. The summed E-state index contributed by atoms with van der Waals surface area (Å²) in [7, 11) is 2.08. The maximum atomic E-state index is 4.63. The van der Waals surface area contributed by atoms with Gasteiger partial charge in [0.15, 0.2) is 0 Å². The van der Waals surface area contributed by atoms with Gasteiger partial charge in [0.05, 0.1) is 11.2 Å². The molecule has 1 aliphatic heterocycles. The Morgan fingerprint density at radius 1 is 1.28 bits per heavy atom. The van der Waals surface area contributed by atoms with Crippen LogP contribution in [0.25, 0.3) is 0 Å². The molecule has 1 fully saturated rings. The fourth-order valence-electron chi connectivity index (χ4n) is 3.26. The van der Waals surface area contributed by atoms with E-state index >= 15 is 0 Å². The van der Waals surface area contributed by atoms with Crippen LogP contribution in [0.3, 0.4) is 0 Å². The van der Waals surface area contributed by atoms with Crippen molar-refractivity contribution in [3.63, 3.8) is 0 Å². The van der Waals surface area contributed by atoms with Crippen molar-refractivity contribution >= 4 is 17.2 Å². The van der Waals surface area contributed by atoms with Gasteiger partial charge in [-0.25, -0.2) is 9.97 Å². The number of hydrogen-bond donors (Lipinski definition) is 1. The summed E-state index contributed by atoms with van der Waals surface area (Å²) < 4.78 is 0. The van der Waals surface area contributed by atoms with Gasteiger partial charge in [0.25, 0.3) is 0 Å². The summed E-state index contributed by atoms with van der Waals surface area (Å²) in [5, 5.41) is 3.48. The molecule has 2 aromatic heterocycles. The molecule has 0 spiro atoms. The Labute approximate surface area is 155 Å². The van der Waals surface area contributed by atoms with Crippen LogP contribution in [-0.4, -0.2) is 48.1 Å². The molecule has 136 valence electrons. The van der Waals surface area contributed by atoms with Crippen molar-refractivity contribution in [2.75, 3.05) is 38.1 Å². The molecule has 2 aromatic rings. The summed E-state index contributed by atoms with van der Waals surface area (Å²) in [6.07, 6.45) is 3.30. The molecular weight excluding hydrogens is 330 g/mol. The standard InChI is InChI=1S/C19H29N5S/c1-4-23(3)19-6-5-16(10-21-19)11-24(12-17-7-8-20-9-17)13-18-15(2)22-14-25-18/h5-6,10,14,17,20H,4,7-9,11-13H2,1-3H3. The number of hydrogen-bond acceptors (Lipinski definition) is 6. The lowest BCUT2D eigenvalue weighted by atomic mass is 10.1. The highest BCUT2D eigenvalue weighted by Crippen LogP contribution is 2.20. The third kappa shape index (κ3) is 5.00. The minimum absolute atomic E-state index is 0.742. The van der Waals surface area contributed by atoms with E-state index in [1.54, 1.807) is 11.3 Å². The average Bonchev–Trinajstić information content (AvgIpc) is 3.27. The topological polar surface area (TPSA) is 44.3 Å². The molecule has 3 heterocycles. The second kappa shape index (κ2) is 8.74. The van der Waals surface area contributed by atoms with Crippen LogP contribution in [0.1, 0.15) is 29.5 Å². The van der Waals surface area contributed by atoms with Gasteiger partial charge in [-0.1, -0.05) is 6.07 Å². The van der Waals surface area contributed by atoms with Gasteiger partial charge in [-0.2, -0.15) is 0 Å². The largest absolute Gasteiger partial charge is 0.360 e. The predicted octanol–water partition coefficient (Wildman–Crippen LogP) is 2.91. The fourth-order valence-corrected chi connectivity index (χ4v) is 4.08. The molecule has 1 atom stereocenters. The van der Waals surface area contributed by atoms with Crippen LogP contribution >= 0.6 is 11.3 Å². The molecule has 1 saturated heterocycles. The number of pyridine rings is 1. The SMILES string of the molecule is CCN(C)c1ccc(CN(Cc2scnc2C)CC2CCNC2)cn1. The molecular formula is C19H29N5S. The van der Waals surface area contributed by atoms with Crippen LogP contribution < -0.4 is 10.2 Å². The van der Waals surface area contributed by atoms with Crippen molar-refractivity contribution in [3.05, 3.63) is 40.0 Å². The summed E-state index contributed by atoms with van der Waals surface area (Å²) in [5.41, 5.74) is 4.40. The number of nitrogens with one attached hydrogen (secondary N) is 1. The summed E-state index contributed by atoms with van der Waals surface area (Å²) >= 11 is 1.76. The van der Waals surface area contributed by atoms with Gasteiger partial charge < -0.3 is 10.2 Å². The Morgan fingerprint density at radius 3 is 2.76 bits per heavy atom. The summed E-state index contributed by atoms with van der Waals surface area (Å²) in [6, 6.07) is 4.35. The summed E-state index contributed by atoms with van der Waals surface area (Å²) in [5.74, 6) is 1.78. The number of anilines is 1. The Morgan fingerprint density at radius 2 is 2.16 bits per heavy atom. The van der Waals surface area contributed by atoms with Crippen LogP contribution in [0.2, 0.25) is 0 Å². The lowest BCUT2D eigenvalue weighted by molar-refractivity contribution is 0.222. The number of aryl methyl sites for hydroxylation is 1. The zero-order valence-corrected chi connectivity index (χ0v) is 16.4. The van der Waals surface area contributed by atoms with E-state index in [4.69, 9.17) is 0 Å². The maximum absolute atomic E-state index is 4.63. The lowest BCUT2D eigenvalue weighted by Gasteiger charge is -2.25. The van der Waals surface area contributed by atoms with Gasteiger partial charge in [-0.05, 0) is 50.9 Å². The first kappa shape index (κ1) is 18.3. The molecule has 0 aromatic carbocycles. The molecule has 0 aliphatic carbocycles. The maximum Gasteiger partial charge on any atom is 0.128 e. The highest BCUT2D eigenvalue weighted by molar-refractivity contribution is 7.09. The molecule has 5 nitrogen and oxygen atoms in total. The van der Waals surface area contributed by atoms with E-state index in [1.807, 2.05) is 11.7 Å². The van der Waals surface area contributed by atoms with Gasteiger partial charge in [-0.3, -0.25) is 4.90 Å². The fraction of sp³-hybridized carbons (Fsp3) is 0.579. The number of aromatic nitrogens is 2. The molecule has 3 rings (SSSR count). The van der Waals surface area contributed by atoms with Gasteiger partial charge >= 0.3 is 0 Å². The van der Waals surface area contributed by atoms with Crippen molar-refractivity contribution in [1.82, 2.24) is 20.2 Å². The van der Waals surface area contributed by atoms with Crippen LogP contribution in [0.5, 0.6) is 0 Å². The van der Waals surface area contributed by atoms with Crippen LogP contribution in [0.15, 0.2) is 23.8 Å². The molecule has 1 aliphatic rings. The van der Waals surface area contributed by atoms with E-state index in [1.165, 1.54) is 16.9 Å². The monoisotopic (exact) mass is 359 g/mol. The van der Waals surface area contributed by atoms with Crippen LogP contribution in [-0.2, 0) is 13.1 Å². The van der Waals surface area contributed by atoms with Crippen molar-refractivity contribution in [1.29, 1.82) is 0 Å². The average molecular weight is 360 g/mol. The zero-order valence-electron chi connectivity index (χ0n) is 15.5. The van der Waals surface area contributed by atoms with Crippen LogP contribution in [0.4, 0.5) is 5.82 Å². The zero-order chi connectivity index (χ0) is 17.6. The van der Waals surface area contributed by atoms with Gasteiger partial charge in [0.2, 0.25) is 0 Å². The third-order valence-corrected chi connectivity index (χ3v) is 5.89. The first-order valence-electron chi connectivity index (χ1n) is 9.13. The van der Waals surface area contributed by atoms with E-state index in [0.29, 0.717) is 0 Å². The summed E-state index contributed by atoms with van der Waals surface area (Å²) in [4.78, 5) is 15.1. The molecule has 0 saturated carbocycles. The Kier molecular flexibility index (Phi) is 6.39. The van der Waals surface area contributed by atoms with Gasteiger partial charge in [0.1, 0.15) is 5.82 Å². The van der Waals surface area contributed by atoms with Crippen molar-refractivity contribution in [2.45, 2.75) is 33.4 Å². The minimum Gasteiger partial charge on any atom is -0.360 e. The number of nitrogens with zero attached hydrogens (tertiary/aromatic N) is 4. The highest BCUT2D eigenvalue weighted by atomic mass is 32.1. The smallest absolute Gasteiger partial charge is 0.128 e. The van der Waals surface area contributed by atoms with Crippen molar-refractivity contribution < 1.29 is 0 Å². The van der Waals surface area contributed by atoms with Gasteiger partial charge in [-0.15, -0.1) is 11.3 Å². The lowest BCUT2D eigenvalue weighted by Crippen LogP contribution is -2.30. The molecule has 0 bridgehead atoms. The Bertz CT molecular complexity index is 648. The first-order valence-corrected chi connectivity index (χ1v) is 10.0. The molecule has 25 heavy (non-hydrogen) atoms. The number of thiazole rings is 1. The first-order chi connectivity index (χ1) is 12.2. The minimum atomic E-state index is 0.742. The van der Waals surface area contributed by atoms with E-state index in [-0.39, 0.29) is 0 Å². The molecule has 0 amide bonds.